The minimum Gasteiger partial charge on any atom is -0.374 e. The molecule has 23 heavy (non-hydrogen) atoms. The lowest BCUT2D eigenvalue weighted by molar-refractivity contribution is -0.134. The third-order valence-corrected chi connectivity index (χ3v) is 3.57. The fourth-order valence-electron chi connectivity index (χ4n) is 2.30. The molecule has 4 heteroatoms. The molecule has 1 aromatic carbocycles. The van der Waals surface area contributed by atoms with Crippen LogP contribution in [0.5, 0.6) is 0 Å². The van der Waals surface area contributed by atoms with Gasteiger partial charge < -0.3 is 5.32 Å². The third-order valence-electron chi connectivity index (χ3n) is 3.57. The average molecular weight is 308 g/mol. The second-order valence-corrected chi connectivity index (χ2v) is 5.17. The molecule has 0 radical (unpaired) electrons. The zero-order chi connectivity index (χ0) is 16.7. The van der Waals surface area contributed by atoms with Crippen molar-refractivity contribution in [2.45, 2.75) is 18.9 Å². The fraction of sp³-hybridized carbons (Fsp3) is 0.158. The summed E-state index contributed by atoms with van der Waals surface area (Å²) in [5.41, 5.74) is 2.74. The van der Waals surface area contributed by atoms with Gasteiger partial charge in [0.2, 0.25) is 11.8 Å². The highest BCUT2D eigenvalue weighted by atomic mass is 16.2. The second kappa shape index (κ2) is 7.94. The van der Waals surface area contributed by atoms with Crippen LogP contribution < -0.4 is 10.6 Å². The summed E-state index contributed by atoms with van der Waals surface area (Å²) < 4.78 is 0. The minimum atomic E-state index is -0.422. The van der Waals surface area contributed by atoms with Crippen LogP contribution in [-0.2, 0) is 9.59 Å². The SMILES string of the molecule is C=C/C(=C\C=C(/C=C)c1ccccc1)NC1CCC(=O)NC1=O. The molecule has 0 spiro atoms. The van der Waals surface area contributed by atoms with E-state index in [1.807, 2.05) is 42.5 Å². The number of benzene rings is 1. The largest absolute Gasteiger partial charge is 0.374 e. The van der Waals surface area contributed by atoms with Gasteiger partial charge in [0.1, 0.15) is 6.04 Å². The first kappa shape index (κ1) is 16.5. The first-order chi connectivity index (χ1) is 11.1. The Kier molecular flexibility index (Phi) is 5.69. The van der Waals surface area contributed by atoms with Crippen molar-refractivity contribution in [2.24, 2.45) is 0 Å². The van der Waals surface area contributed by atoms with Gasteiger partial charge in [-0.1, -0.05) is 55.6 Å². The van der Waals surface area contributed by atoms with E-state index < -0.39 is 6.04 Å². The van der Waals surface area contributed by atoms with Crippen LogP contribution in [0.25, 0.3) is 5.57 Å². The van der Waals surface area contributed by atoms with E-state index in [9.17, 15) is 9.59 Å². The molecule has 2 rings (SSSR count). The molecule has 0 aromatic heterocycles. The van der Waals surface area contributed by atoms with Crippen molar-refractivity contribution in [3.63, 3.8) is 0 Å². The quantitative estimate of drug-likeness (QED) is 0.627. The van der Waals surface area contributed by atoms with Crippen molar-refractivity contribution < 1.29 is 9.59 Å². The Morgan fingerprint density at radius 1 is 1.13 bits per heavy atom. The molecule has 1 fully saturated rings. The van der Waals surface area contributed by atoms with Crippen molar-refractivity contribution in [1.82, 2.24) is 10.6 Å². The molecule has 0 bridgehead atoms. The monoisotopic (exact) mass is 308 g/mol. The summed E-state index contributed by atoms with van der Waals surface area (Å²) in [6.07, 6.45) is 8.00. The molecule has 2 N–H and O–H groups in total. The Hall–Kier alpha value is -2.88. The maximum Gasteiger partial charge on any atom is 0.249 e. The molecule has 0 aliphatic carbocycles. The van der Waals surface area contributed by atoms with Crippen LogP contribution in [-0.4, -0.2) is 17.9 Å². The number of rotatable bonds is 6. The molecule has 1 aliphatic heterocycles. The zero-order valence-corrected chi connectivity index (χ0v) is 12.9. The maximum atomic E-state index is 11.8. The first-order valence-electron chi connectivity index (χ1n) is 7.46. The van der Waals surface area contributed by atoms with Gasteiger partial charge in [-0.25, -0.2) is 0 Å². The fourth-order valence-corrected chi connectivity index (χ4v) is 2.30. The predicted molar refractivity (Wildman–Crippen MR) is 92.2 cm³/mol. The smallest absolute Gasteiger partial charge is 0.249 e. The Bertz CT molecular complexity index is 672. The molecule has 1 atom stereocenters. The maximum absolute atomic E-state index is 11.8. The number of nitrogens with one attached hydrogen (secondary N) is 2. The predicted octanol–water partition coefficient (Wildman–Crippen LogP) is 2.72. The van der Waals surface area contributed by atoms with Gasteiger partial charge in [0.15, 0.2) is 0 Å². The number of amides is 2. The van der Waals surface area contributed by atoms with Crippen molar-refractivity contribution in [3.05, 3.63) is 79.1 Å². The van der Waals surface area contributed by atoms with Gasteiger partial charge in [0.25, 0.3) is 0 Å². The molecule has 1 aliphatic rings. The average Bonchev–Trinajstić information content (AvgIpc) is 2.57. The van der Waals surface area contributed by atoms with E-state index >= 15 is 0 Å². The van der Waals surface area contributed by atoms with Crippen LogP contribution >= 0.6 is 0 Å². The lowest BCUT2D eigenvalue weighted by atomic mass is 10.0. The Labute approximate surface area is 136 Å². The normalized spacial score (nSPS) is 19.0. The summed E-state index contributed by atoms with van der Waals surface area (Å²) in [6.45, 7) is 7.59. The molecule has 1 aromatic rings. The van der Waals surface area contributed by atoms with Crippen LogP contribution in [0.4, 0.5) is 0 Å². The van der Waals surface area contributed by atoms with Crippen LogP contribution in [0, 0.1) is 0 Å². The Morgan fingerprint density at radius 3 is 2.48 bits per heavy atom. The second-order valence-electron chi connectivity index (χ2n) is 5.17. The third kappa shape index (κ3) is 4.54. The van der Waals surface area contributed by atoms with Gasteiger partial charge >= 0.3 is 0 Å². The number of carbonyl (C=O) groups is 2. The van der Waals surface area contributed by atoms with Gasteiger partial charge in [-0.3, -0.25) is 14.9 Å². The van der Waals surface area contributed by atoms with Gasteiger partial charge in [-0.15, -0.1) is 0 Å². The molecule has 4 nitrogen and oxygen atoms in total. The molecule has 2 amide bonds. The molecule has 1 unspecified atom stereocenters. The van der Waals surface area contributed by atoms with E-state index in [-0.39, 0.29) is 11.8 Å². The number of carbonyl (C=O) groups excluding carboxylic acids is 2. The van der Waals surface area contributed by atoms with E-state index in [1.165, 1.54) is 0 Å². The first-order valence-corrected chi connectivity index (χ1v) is 7.46. The van der Waals surface area contributed by atoms with Crippen molar-refractivity contribution in [3.8, 4) is 0 Å². The lowest BCUT2D eigenvalue weighted by Gasteiger charge is -2.23. The number of allylic oxidation sites excluding steroid dienone is 5. The number of hydrogen-bond acceptors (Lipinski definition) is 3. The summed E-state index contributed by atoms with van der Waals surface area (Å²) in [5, 5.41) is 5.43. The minimum absolute atomic E-state index is 0.227. The van der Waals surface area contributed by atoms with Crippen LogP contribution in [0.15, 0.2) is 73.5 Å². The molecule has 0 saturated carbocycles. The highest BCUT2D eigenvalue weighted by Crippen LogP contribution is 2.15. The topological polar surface area (TPSA) is 58.2 Å². The summed E-state index contributed by atoms with van der Waals surface area (Å²) in [7, 11) is 0. The number of hydrogen-bond donors (Lipinski definition) is 2. The Morgan fingerprint density at radius 2 is 1.87 bits per heavy atom. The van der Waals surface area contributed by atoms with Crippen molar-refractivity contribution in [1.29, 1.82) is 0 Å². The Balaban J connectivity index is 2.13. The van der Waals surface area contributed by atoms with Gasteiger partial charge in [-0.05, 0) is 29.7 Å². The number of imide groups is 1. The summed E-state index contributed by atoms with van der Waals surface area (Å²) >= 11 is 0. The van der Waals surface area contributed by atoms with Crippen LogP contribution in [0.3, 0.4) is 0 Å². The summed E-state index contributed by atoms with van der Waals surface area (Å²) in [4.78, 5) is 23.0. The standard InChI is InChI=1S/C19H20N2O2/c1-3-14(15-8-6-5-7-9-15)10-11-16(4-2)20-17-12-13-18(22)21-19(17)23/h3-11,17,20H,1-2,12-13H2,(H,21,22,23)/b14-10+,16-11+. The van der Waals surface area contributed by atoms with E-state index in [1.54, 1.807) is 12.2 Å². The highest BCUT2D eigenvalue weighted by Gasteiger charge is 2.26. The zero-order valence-electron chi connectivity index (χ0n) is 12.9. The van der Waals surface area contributed by atoms with Gasteiger partial charge in [0.05, 0.1) is 0 Å². The molecule has 1 heterocycles. The summed E-state index contributed by atoms with van der Waals surface area (Å²) in [6, 6.07) is 9.47. The van der Waals surface area contributed by atoms with E-state index in [0.29, 0.717) is 12.8 Å². The van der Waals surface area contributed by atoms with E-state index in [4.69, 9.17) is 0 Å². The summed E-state index contributed by atoms with van der Waals surface area (Å²) in [5.74, 6) is -0.528. The molecule has 118 valence electrons. The number of piperidine rings is 1. The highest BCUT2D eigenvalue weighted by molar-refractivity contribution is 6.00. The van der Waals surface area contributed by atoms with Gasteiger partial charge in [0, 0.05) is 12.1 Å². The lowest BCUT2D eigenvalue weighted by Crippen LogP contribution is -2.50. The molecular weight excluding hydrogens is 288 g/mol. The van der Waals surface area contributed by atoms with Gasteiger partial charge in [-0.2, -0.15) is 0 Å². The van der Waals surface area contributed by atoms with E-state index in [0.717, 1.165) is 16.8 Å². The van der Waals surface area contributed by atoms with Crippen molar-refractivity contribution in [2.75, 3.05) is 0 Å². The van der Waals surface area contributed by atoms with Crippen molar-refractivity contribution >= 4 is 17.4 Å². The van der Waals surface area contributed by atoms with Crippen LogP contribution in [0.2, 0.25) is 0 Å². The molecular formula is C19H20N2O2. The van der Waals surface area contributed by atoms with E-state index in [2.05, 4.69) is 23.8 Å². The molecule has 1 saturated heterocycles. The van der Waals surface area contributed by atoms with Crippen LogP contribution in [0.1, 0.15) is 18.4 Å².